The van der Waals surface area contributed by atoms with Crippen LogP contribution < -0.4 is 9.62 Å². The highest BCUT2D eigenvalue weighted by molar-refractivity contribution is 7.99. The molecule has 4 aromatic rings. The standard InChI is InChI=1S/C27H28FN3O4S2/c1-4-18-17-22-23(26(32)29-2)24(19-11-13-20(28)14-12-19)35-27(22)30-25(18)31(37(3,33)34)15-8-16-36-21-9-6-5-7-10-21/h5-7,9-14,17H,4,8,15-16H2,1-3H3,(H,29,32). The van der Waals surface area contributed by atoms with E-state index < -0.39 is 15.8 Å². The van der Waals surface area contributed by atoms with E-state index in [4.69, 9.17) is 4.42 Å². The summed E-state index contributed by atoms with van der Waals surface area (Å²) in [6.07, 6.45) is 2.26. The first-order valence-corrected chi connectivity index (χ1v) is 14.7. The van der Waals surface area contributed by atoms with Crippen LogP contribution in [0.4, 0.5) is 10.2 Å². The summed E-state index contributed by atoms with van der Waals surface area (Å²) in [6, 6.07) is 17.3. The zero-order chi connectivity index (χ0) is 26.6. The van der Waals surface area contributed by atoms with Gasteiger partial charge in [0.2, 0.25) is 15.7 Å². The summed E-state index contributed by atoms with van der Waals surface area (Å²) in [7, 11) is -2.14. The third-order valence-electron chi connectivity index (χ3n) is 5.83. The van der Waals surface area contributed by atoms with Crippen molar-refractivity contribution in [3.63, 3.8) is 0 Å². The van der Waals surface area contributed by atoms with Gasteiger partial charge in [-0.05, 0) is 66.6 Å². The predicted molar refractivity (Wildman–Crippen MR) is 146 cm³/mol. The third kappa shape index (κ3) is 5.97. The number of aryl methyl sites for hydroxylation is 1. The molecule has 0 atom stereocenters. The summed E-state index contributed by atoms with van der Waals surface area (Å²) in [6.45, 7) is 2.15. The molecule has 0 aliphatic heterocycles. The second kappa shape index (κ2) is 11.4. The second-order valence-electron chi connectivity index (χ2n) is 8.42. The van der Waals surface area contributed by atoms with Crippen LogP contribution in [0.5, 0.6) is 0 Å². The van der Waals surface area contributed by atoms with Crippen LogP contribution in [0.2, 0.25) is 0 Å². The van der Waals surface area contributed by atoms with Crippen molar-refractivity contribution in [1.82, 2.24) is 10.3 Å². The fraction of sp³-hybridized carbons (Fsp3) is 0.259. The Morgan fingerprint density at radius 3 is 2.46 bits per heavy atom. The van der Waals surface area contributed by atoms with Crippen molar-refractivity contribution in [3.05, 3.63) is 77.6 Å². The van der Waals surface area contributed by atoms with E-state index in [1.807, 2.05) is 37.3 Å². The van der Waals surface area contributed by atoms with Crippen molar-refractivity contribution in [3.8, 4) is 11.3 Å². The highest BCUT2D eigenvalue weighted by Crippen LogP contribution is 2.36. The molecule has 0 unspecified atom stereocenters. The smallest absolute Gasteiger partial charge is 0.255 e. The third-order valence-corrected chi connectivity index (χ3v) is 8.09. The van der Waals surface area contributed by atoms with Crippen LogP contribution in [0.3, 0.4) is 0 Å². The molecule has 0 bridgehead atoms. The number of furan rings is 1. The van der Waals surface area contributed by atoms with Gasteiger partial charge in [0.05, 0.1) is 17.2 Å². The van der Waals surface area contributed by atoms with E-state index in [0.29, 0.717) is 29.4 Å². The van der Waals surface area contributed by atoms with Crippen LogP contribution in [0.1, 0.15) is 29.3 Å². The van der Waals surface area contributed by atoms with E-state index in [1.54, 1.807) is 17.8 Å². The number of thioether (sulfide) groups is 1. The molecule has 7 nitrogen and oxygen atoms in total. The molecule has 0 saturated carbocycles. The number of carbonyl (C=O) groups is 1. The number of anilines is 1. The molecule has 2 heterocycles. The Hall–Kier alpha value is -3.37. The first-order chi connectivity index (χ1) is 17.7. The number of hydrogen-bond donors (Lipinski definition) is 1. The lowest BCUT2D eigenvalue weighted by Gasteiger charge is -2.23. The number of benzene rings is 2. The number of rotatable bonds is 10. The number of hydrogen-bond acceptors (Lipinski definition) is 6. The molecule has 0 radical (unpaired) electrons. The van der Waals surface area contributed by atoms with Crippen molar-refractivity contribution in [1.29, 1.82) is 0 Å². The van der Waals surface area contributed by atoms with Gasteiger partial charge in [-0.15, -0.1) is 11.8 Å². The average Bonchev–Trinajstić information content (AvgIpc) is 3.26. The van der Waals surface area contributed by atoms with E-state index in [1.165, 1.54) is 35.6 Å². The van der Waals surface area contributed by atoms with Gasteiger partial charge in [0.1, 0.15) is 17.4 Å². The van der Waals surface area contributed by atoms with E-state index in [9.17, 15) is 17.6 Å². The van der Waals surface area contributed by atoms with E-state index in [2.05, 4.69) is 10.3 Å². The number of fused-ring (bicyclic) bond motifs is 1. The van der Waals surface area contributed by atoms with Crippen molar-refractivity contribution in [2.24, 2.45) is 0 Å². The molecule has 0 fully saturated rings. The molecular weight excluding hydrogens is 513 g/mol. The molecule has 2 aromatic carbocycles. The lowest BCUT2D eigenvalue weighted by atomic mass is 10.0. The quantitative estimate of drug-likeness (QED) is 0.210. The molecule has 0 spiro atoms. The lowest BCUT2D eigenvalue weighted by Crippen LogP contribution is -2.32. The van der Waals surface area contributed by atoms with Gasteiger partial charge in [0, 0.05) is 24.1 Å². The SMILES string of the molecule is CCc1cc2c(C(=O)NC)c(-c3ccc(F)cc3)oc2nc1N(CCCSc1ccccc1)S(C)(=O)=O. The normalized spacial score (nSPS) is 11.6. The molecule has 37 heavy (non-hydrogen) atoms. The van der Waals surface area contributed by atoms with Crippen LogP contribution in [0.15, 0.2) is 70.0 Å². The monoisotopic (exact) mass is 541 g/mol. The Balaban J connectivity index is 1.74. The maximum atomic E-state index is 13.5. The Labute approximate surface area is 220 Å². The van der Waals surface area contributed by atoms with Crippen LogP contribution in [-0.4, -0.2) is 44.9 Å². The Morgan fingerprint density at radius 1 is 1.14 bits per heavy atom. The number of aromatic nitrogens is 1. The molecule has 2 aromatic heterocycles. The van der Waals surface area contributed by atoms with E-state index >= 15 is 0 Å². The number of nitrogens with one attached hydrogen (secondary N) is 1. The first kappa shape index (κ1) is 26.7. The number of amides is 1. The number of sulfonamides is 1. The maximum Gasteiger partial charge on any atom is 0.255 e. The summed E-state index contributed by atoms with van der Waals surface area (Å²) in [5.74, 6) is 0.462. The fourth-order valence-electron chi connectivity index (χ4n) is 4.03. The molecule has 10 heteroatoms. The molecule has 0 aliphatic carbocycles. The van der Waals surface area contributed by atoms with Crippen molar-refractivity contribution < 1.29 is 22.0 Å². The molecule has 0 saturated heterocycles. The summed E-state index contributed by atoms with van der Waals surface area (Å²) in [5, 5.41) is 3.08. The summed E-state index contributed by atoms with van der Waals surface area (Å²) in [4.78, 5) is 18.6. The van der Waals surface area contributed by atoms with Gasteiger partial charge in [0.25, 0.3) is 5.91 Å². The fourth-order valence-corrected chi connectivity index (χ4v) is 5.82. The lowest BCUT2D eigenvalue weighted by molar-refractivity contribution is 0.0964. The van der Waals surface area contributed by atoms with Crippen LogP contribution in [0, 0.1) is 5.82 Å². The Morgan fingerprint density at radius 2 is 1.84 bits per heavy atom. The van der Waals surface area contributed by atoms with Crippen molar-refractivity contribution in [2.75, 3.05) is 29.9 Å². The first-order valence-electron chi connectivity index (χ1n) is 11.8. The molecule has 4 rings (SSSR count). The summed E-state index contributed by atoms with van der Waals surface area (Å²) < 4.78 is 46.5. The highest BCUT2D eigenvalue weighted by Gasteiger charge is 2.27. The van der Waals surface area contributed by atoms with Crippen LogP contribution in [0.25, 0.3) is 22.4 Å². The molecule has 194 valence electrons. The zero-order valence-electron chi connectivity index (χ0n) is 20.8. The highest BCUT2D eigenvalue weighted by atomic mass is 32.2. The average molecular weight is 542 g/mol. The molecular formula is C27H28FN3O4S2. The summed E-state index contributed by atoms with van der Waals surface area (Å²) >= 11 is 1.66. The van der Waals surface area contributed by atoms with Gasteiger partial charge in [0.15, 0.2) is 0 Å². The Kier molecular flexibility index (Phi) is 8.19. The minimum atomic E-state index is -3.65. The maximum absolute atomic E-state index is 13.5. The van der Waals surface area contributed by atoms with Gasteiger partial charge >= 0.3 is 0 Å². The van der Waals surface area contributed by atoms with Gasteiger partial charge in [-0.1, -0.05) is 25.1 Å². The van der Waals surface area contributed by atoms with Gasteiger partial charge < -0.3 is 9.73 Å². The molecule has 1 amide bonds. The Bertz CT molecular complexity index is 1500. The number of halogens is 1. The van der Waals surface area contributed by atoms with E-state index in [0.717, 1.165) is 16.9 Å². The topological polar surface area (TPSA) is 92.5 Å². The van der Waals surface area contributed by atoms with Crippen LogP contribution >= 0.6 is 11.8 Å². The predicted octanol–water partition coefficient (Wildman–Crippen LogP) is 5.50. The molecule has 1 N–H and O–H groups in total. The zero-order valence-corrected chi connectivity index (χ0v) is 22.5. The second-order valence-corrected chi connectivity index (χ2v) is 11.5. The van der Waals surface area contributed by atoms with Crippen molar-refractivity contribution >= 4 is 44.6 Å². The van der Waals surface area contributed by atoms with Gasteiger partial charge in [-0.3, -0.25) is 9.10 Å². The number of pyridine rings is 1. The minimum absolute atomic E-state index is 0.137. The number of carbonyl (C=O) groups excluding carboxylic acids is 1. The largest absolute Gasteiger partial charge is 0.437 e. The summed E-state index contributed by atoms with van der Waals surface area (Å²) in [5.41, 5.74) is 1.58. The molecule has 0 aliphatic rings. The number of nitrogens with zero attached hydrogens (tertiary/aromatic N) is 2. The van der Waals surface area contributed by atoms with Crippen molar-refractivity contribution in [2.45, 2.75) is 24.7 Å². The minimum Gasteiger partial charge on any atom is -0.437 e. The van der Waals surface area contributed by atoms with Gasteiger partial charge in [-0.2, -0.15) is 4.98 Å². The van der Waals surface area contributed by atoms with Gasteiger partial charge in [-0.25, -0.2) is 12.8 Å². The van der Waals surface area contributed by atoms with E-state index in [-0.39, 0.29) is 35.3 Å². The van der Waals surface area contributed by atoms with Crippen LogP contribution in [-0.2, 0) is 16.4 Å².